The topological polar surface area (TPSA) is 77.1 Å². The smallest absolute Gasteiger partial charge is 0.266 e. The largest absolute Gasteiger partial charge is 0.467 e. The van der Waals surface area contributed by atoms with Crippen LogP contribution in [0.25, 0.3) is 16.6 Å². The SMILES string of the molecule is Cc1ccc(-n2c(SC(C)C(=O)NCc3ccco3)nc3ccccc3c2=O)c(C)c1. The Kier molecular flexibility index (Phi) is 5.95. The summed E-state index contributed by atoms with van der Waals surface area (Å²) in [6.07, 6.45) is 1.57. The summed E-state index contributed by atoms with van der Waals surface area (Å²) >= 11 is 1.26. The highest BCUT2D eigenvalue weighted by Gasteiger charge is 2.21. The van der Waals surface area contributed by atoms with Gasteiger partial charge in [0.15, 0.2) is 5.16 Å². The normalized spacial score (nSPS) is 12.1. The number of aryl methyl sites for hydroxylation is 2. The maximum Gasteiger partial charge on any atom is 0.266 e. The molecular formula is C24H23N3O3S. The lowest BCUT2D eigenvalue weighted by molar-refractivity contribution is -0.120. The third-order valence-electron chi connectivity index (χ3n) is 5.01. The van der Waals surface area contributed by atoms with Crippen LogP contribution in [0.4, 0.5) is 0 Å². The first-order valence-corrected chi connectivity index (χ1v) is 10.9. The van der Waals surface area contributed by atoms with Gasteiger partial charge in [-0.25, -0.2) is 4.98 Å². The van der Waals surface area contributed by atoms with Gasteiger partial charge in [-0.2, -0.15) is 0 Å². The molecular weight excluding hydrogens is 410 g/mol. The third kappa shape index (κ3) is 4.41. The van der Waals surface area contributed by atoms with Crippen molar-refractivity contribution in [2.24, 2.45) is 0 Å². The summed E-state index contributed by atoms with van der Waals surface area (Å²) in [6.45, 7) is 6.10. The minimum Gasteiger partial charge on any atom is -0.467 e. The Morgan fingerprint density at radius 2 is 1.97 bits per heavy atom. The van der Waals surface area contributed by atoms with Crippen LogP contribution < -0.4 is 10.9 Å². The van der Waals surface area contributed by atoms with Crippen LogP contribution in [0.15, 0.2) is 75.2 Å². The van der Waals surface area contributed by atoms with E-state index in [9.17, 15) is 9.59 Å². The van der Waals surface area contributed by atoms with Crippen molar-refractivity contribution in [3.8, 4) is 5.69 Å². The zero-order chi connectivity index (χ0) is 22.0. The summed E-state index contributed by atoms with van der Waals surface area (Å²) in [7, 11) is 0. The molecule has 0 saturated heterocycles. The Hall–Kier alpha value is -3.32. The van der Waals surface area contributed by atoms with Crippen molar-refractivity contribution >= 4 is 28.6 Å². The molecule has 2 aromatic heterocycles. The molecule has 158 valence electrons. The van der Waals surface area contributed by atoms with Crippen molar-refractivity contribution in [2.75, 3.05) is 0 Å². The number of thioether (sulfide) groups is 1. The van der Waals surface area contributed by atoms with Gasteiger partial charge in [-0.05, 0) is 56.7 Å². The second-order valence-electron chi connectivity index (χ2n) is 7.40. The van der Waals surface area contributed by atoms with Crippen LogP contribution in [0.3, 0.4) is 0 Å². The lowest BCUT2D eigenvalue weighted by Crippen LogP contribution is -2.31. The Morgan fingerprint density at radius 3 is 2.71 bits per heavy atom. The Labute approximate surface area is 184 Å². The summed E-state index contributed by atoms with van der Waals surface area (Å²) in [6, 6.07) is 16.8. The van der Waals surface area contributed by atoms with Crippen molar-refractivity contribution in [3.05, 3.63) is 88.1 Å². The van der Waals surface area contributed by atoms with Crippen molar-refractivity contribution in [1.82, 2.24) is 14.9 Å². The monoisotopic (exact) mass is 433 g/mol. The molecule has 1 unspecified atom stereocenters. The predicted molar refractivity (Wildman–Crippen MR) is 123 cm³/mol. The molecule has 7 heteroatoms. The number of nitrogens with zero attached hydrogens (tertiary/aromatic N) is 2. The van der Waals surface area contributed by atoms with Crippen molar-refractivity contribution in [2.45, 2.75) is 37.7 Å². The number of nitrogens with one attached hydrogen (secondary N) is 1. The minimum absolute atomic E-state index is 0.150. The van der Waals surface area contributed by atoms with Gasteiger partial charge in [-0.1, -0.05) is 41.6 Å². The van der Waals surface area contributed by atoms with E-state index in [1.54, 1.807) is 36.0 Å². The first-order chi connectivity index (χ1) is 14.9. The molecule has 1 N–H and O–H groups in total. The standard InChI is InChI=1S/C24H23N3O3S/c1-15-10-11-21(16(2)13-15)27-23(29)19-8-4-5-9-20(19)26-24(27)31-17(3)22(28)25-14-18-7-6-12-30-18/h4-13,17H,14H2,1-3H3,(H,25,28). The maximum absolute atomic E-state index is 13.4. The zero-order valence-electron chi connectivity index (χ0n) is 17.6. The summed E-state index contributed by atoms with van der Waals surface area (Å²) in [5, 5.41) is 3.43. The molecule has 1 atom stereocenters. The van der Waals surface area contributed by atoms with E-state index in [0.29, 0.717) is 28.4 Å². The van der Waals surface area contributed by atoms with Gasteiger partial charge in [0.05, 0.1) is 34.6 Å². The van der Waals surface area contributed by atoms with Gasteiger partial charge in [0.1, 0.15) is 5.76 Å². The Morgan fingerprint density at radius 1 is 1.16 bits per heavy atom. The Bertz CT molecular complexity index is 1300. The van der Waals surface area contributed by atoms with Gasteiger partial charge < -0.3 is 9.73 Å². The molecule has 6 nitrogen and oxygen atoms in total. The first kappa shape index (κ1) is 20.9. The van der Waals surface area contributed by atoms with E-state index in [0.717, 1.165) is 16.8 Å². The molecule has 0 spiro atoms. The number of hydrogen-bond acceptors (Lipinski definition) is 5. The average Bonchev–Trinajstić information content (AvgIpc) is 3.27. The molecule has 31 heavy (non-hydrogen) atoms. The number of fused-ring (bicyclic) bond motifs is 1. The molecule has 4 aromatic rings. The maximum atomic E-state index is 13.4. The number of aromatic nitrogens is 2. The van der Waals surface area contributed by atoms with Gasteiger partial charge in [-0.15, -0.1) is 0 Å². The highest BCUT2D eigenvalue weighted by atomic mass is 32.2. The number of carbonyl (C=O) groups excluding carboxylic acids is 1. The van der Waals surface area contributed by atoms with E-state index < -0.39 is 5.25 Å². The van der Waals surface area contributed by atoms with Gasteiger partial charge >= 0.3 is 0 Å². The van der Waals surface area contributed by atoms with E-state index in [2.05, 4.69) is 5.32 Å². The highest BCUT2D eigenvalue weighted by Crippen LogP contribution is 2.26. The molecule has 4 rings (SSSR count). The molecule has 2 heterocycles. The second-order valence-corrected chi connectivity index (χ2v) is 8.71. The molecule has 0 fully saturated rings. The number of para-hydroxylation sites is 1. The average molecular weight is 434 g/mol. The third-order valence-corrected chi connectivity index (χ3v) is 6.06. The number of carbonyl (C=O) groups is 1. The minimum atomic E-state index is -0.458. The van der Waals surface area contributed by atoms with Crippen LogP contribution in [0.1, 0.15) is 23.8 Å². The van der Waals surface area contributed by atoms with E-state index in [4.69, 9.17) is 9.40 Å². The van der Waals surface area contributed by atoms with E-state index >= 15 is 0 Å². The summed E-state index contributed by atoms with van der Waals surface area (Å²) in [5.41, 5.74) is 3.31. The fourth-order valence-corrected chi connectivity index (χ4v) is 4.35. The predicted octanol–water partition coefficient (Wildman–Crippen LogP) is 4.39. The zero-order valence-corrected chi connectivity index (χ0v) is 18.4. The number of furan rings is 1. The number of rotatable bonds is 6. The summed E-state index contributed by atoms with van der Waals surface area (Å²) in [4.78, 5) is 30.8. The molecule has 0 bridgehead atoms. The van der Waals surface area contributed by atoms with Gasteiger partial charge in [0.2, 0.25) is 5.91 Å². The van der Waals surface area contributed by atoms with Crippen molar-refractivity contribution < 1.29 is 9.21 Å². The second kappa shape index (κ2) is 8.81. The fraction of sp³-hybridized carbons (Fsp3) is 0.208. The molecule has 0 radical (unpaired) electrons. The van der Waals surface area contributed by atoms with Gasteiger partial charge in [0.25, 0.3) is 5.56 Å². The quantitative estimate of drug-likeness (QED) is 0.360. The van der Waals surface area contributed by atoms with Crippen LogP contribution in [-0.2, 0) is 11.3 Å². The summed E-state index contributed by atoms with van der Waals surface area (Å²) in [5.74, 6) is 0.526. The molecule has 0 aliphatic heterocycles. The van der Waals surface area contributed by atoms with E-state index in [-0.39, 0.29) is 11.5 Å². The van der Waals surface area contributed by atoms with Gasteiger partial charge in [-0.3, -0.25) is 14.2 Å². The van der Waals surface area contributed by atoms with Crippen LogP contribution in [0.2, 0.25) is 0 Å². The molecule has 1 amide bonds. The Balaban J connectivity index is 1.72. The number of amides is 1. The lowest BCUT2D eigenvalue weighted by atomic mass is 10.1. The highest BCUT2D eigenvalue weighted by molar-refractivity contribution is 8.00. The first-order valence-electron chi connectivity index (χ1n) is 10.00. The molecule has 0 aliphatic rings. The fourth-order valence-electron chi connectivity index (χ4n) is 3.40. The van der Waals surface area contributed by atoms with E-state index in [1.165, 1.54) is 11.8 Å². The van der Waals surface area contributed by atoms with Crippen LogP contribution in [0, 0.1) is 13.8 Å². The van der Waals surface area contributed by atoms with E-state index in [1.807, 2.05) is 50.2 Å². The molecule has 2 aromatic carbocycles. The van der Waals surface area contributed by atoms with Crippen LogP contribution >= 0.6 is 11.8 Å². The molecule has 0 aliphatic carbocycles. The van der Waals surface area contributed by atoms with Crippen molar-refractivity contribution in [1.29, 1.82) is 0 Å². The van der Waals surface area contributed by atoms with Gasteiger partial charge in [0, 0.05) is 0 Å². The lowest BCUT2D eigenvalue weighted by Gasteiger charge is -2.18. The van der Waals surface area contributed by atoms with Crippen molar-refractivity contribution in [3.63, 3.8) is 0 Å². The number of hydrogen-bond donors (Lipinski definition) is 1. The summed E-state index contributed by atoms with van der Waals surface area (Å²) < 4.78 is 6.88. The van der Waals surface area contributed by atoms with Crippen LogP contribution in [0.5, 0.6) is 0 Å². The van der Waals surface area contributed by atoms with Crippen LogP contribution in [-0.4, -0.2) is 20.7 Å². The number of benzene rings is 2. The molecule has 0 saturated carbocycles.